The molecular formula is C24H23BrN6O. The summed E-state index contributed by atoms with van der Waals surface area (Å²) in [5.41, 5.74) is 10.3. The van der Waals surface area contributed by atoms with Crippen LogP contribution >= 0.6 is 15.9 Å². The van der Waals surface area contributed by atoms with Gasteiger partial charge in [0.15, 0.2) is 0 Å². The zero-order valence-electron chi connectivity index (χ0n) is 17.4. The van der Waals surface area contributed by atoms with Gasteiger partial charge in [-0.3, -0.25) is 9.48 Å². The molecule has 32 heavy (non-hydrogen) atoms. The Bertz CT molecular complexity index is 1260. The summed E-state index contributed by atoms with van der Waals surface area (Å²) in [5, 5.41) is 12.2. The summed E-state index contributed by atoms with van der Waals surface area (Å²) >= 11 is 3.64. The van der Waals surface area contributed by atoms with E-state index in [0.29, 0.717) is 11.4 Å². The molecule has 1 fully saturated rings. The average molecular weight is 491 g/mol. The lowest BCUT2D eigenvalue weighted by atomic mass is 10.1. The number of nitrogen functional groups attached to an aromatic ring is 1. The van der Waals surface area contributed by atoms with Crippen molar-refractivity contribution in [2.45, 2.75) is 18.9 Å². The number of anilines is 2. The number of benzene rings is 2. The average Bonchev–Trinajstić information content (AvgIpc) is 3.25. The topological polar surface area (TPSA) is 97.9 Å². The predicted octanol–water partition coefficient (Wildman–Crippen LogP) is 4.62. The lowest BCUT2D eigenvalue weighted by molar-refractivity contribution is 0.102. The van der Waals surface area contributed by atoms with Crippen molar-refractivity contribution >= 4 is 44.2 Å². The Morgan fingerprint density at radius 1 is 1.16 bits per heavy atom. The smallest absolute Gasteiger partial charge is 0.255 e. The summed E-state index contributed by atoms with van der Waals surface area (Å²) in [7, 11) is 0. The Morgan fingerprint density at radius 2 is 1.94 bits per heavy atom. The molecule has 0 saturated carbocycles. The fraction of sp³-hybridized carbons (Fsp3) is 0.208. The predicted molar refractivity (Wildman–Crippen MR) is 131 cm³/mol. The van der Waals surface area contributed by atoms with E-state index in [1.165, 1.54) is 0 Å². The van der Waals surface area contributed by atoms with Gasteiger partial charge in [0.05, 0.1) is 21.4 Å². The van der Waals surface area contributed by atoms with Crippen molar-refractivity contribution in [3.63, 3.8) is 0 Å². The second-order valence-electron chi connectivity index (χ2n) is 7.91. The lowest BCUT2D eigenvalue weighted by Gasteiger charge is -2.24. The Morgan fingerprint density at radius 3 is 2.66 bits per heavy atom. The van der Waals surface area contributed by atoms with Crippen LogP contribution in [0.15, 0.2) is 65.3 Å². The number of pyridine rings is 1. The number of carbonyl (C=O) groups excluding carboxylic acids is 1. The van der Waals surface area contributed by atoms with Crippen LogP contribution in [0, 0.1) is 0 Å². The van der Waals surface area contributed by atoms with Gasteiger partial charge in [-0.05, 0) is 59.6 Å². The first-order valence-electron chi connectivity index (χ1n) is 10.6. The summed E-state index contributed by atoms with van der Waals surface area (Å²) in [6, 6.07) is 17.1. The van der Waals surface area contributed by atoms with Gasteiger partial charge < -0.3 is 16.4 Å². The molecule has 2 aromatic heterocycles. The molecule has 0 bridgehead atoms. The van der Waals surface area contributed by atoms with E-state index >= 15 is 0 Å². The highest BCUT2D eigenvalue weighted by molar-refractivity contribution is 9.10. The lowest BCUT2D eigenvalue weighted by Crippen LogP contribution is -2.32. The Labute approximate surface area is 194 Å². The van der Waals surface area contributed by atoms with Crippen LogP contribution in [0.5, 0.6) is 0 Å². The van der Waals surface area contributed by atoms with Crippen molar-refractivity contribution in [3.8, 4) is 11.3 Å². The van der Waals surface area contributed by atoms with Crippen LogP contribution in [0.4, 0.5) is 11.5 Å². The fourth-order valence-corrected chi connectivity index (χ4v) is 4.65. The summed E-state index contributed by atoms with van der Waals surface area (Å²) in [6.07, 6.45) is 3.88. The molecule has 0 radical (unpaired) electrons. The molecule has 8 heteroatoms. The van der Waals surface area contributed by atoms with Crippen molar-refractivity contribution < 1.29 is 4.79 Å². The van der Waals surface area contributed by atoms with E-state index in [2.05, 4.69) is 36.2 Å². The van der Waals surface area contributed by atoms with Gasteiger partial charge >= 0.3 is 0 Å². The molecule has 1 atom stereocenters. The number of nitrogens with one attached hydrogen (secondary N) is 2. The Kier molecular flexibility index (Phi) is 5.63. The van der Waals surface area contributed by atoms with E-state index < -0.39 is 0 Å². The molecule has 3 heterocycles. The number of hydrogen-bond acceptors (Lipinski definition) is 5. The van der Waals surface area contributed by atoms with Crippen LogP contribution < -0.4 is 16.4 Å². The second kappa shape index (κ2) is 8.72. The van der Waals surface area contributed by atoms with Crippen LogP contribution in [-0.4, -0.2) is 33.8 Å². The fourth-order valence-electron chi connectivity index (χ4n) is 4.17. The number of rotatable bonds is 4. The zero-order valence-corrected chi connectivity index (χ0v) is 19.0. The van der Waals surface area contributed by atoms with Crippen molar-refractivity contribution in [3.05, 3.63) is 70.8 Å². The first-order chi connectivity index (χ1) is 15.6. The molecule has 1 aliphatic heterocycles. The Balaban J connectivity index is 1.52. The number of hydrogen-bond donors (Lipinski definition) is 3. The summed E-state index contributed by atoms with van der Waals surface area (Å²) in [6.45, 7) is 1.89. The number of amides is 1. The number of aromatic nitrogens is 3. The molecule has 0 unspecified atom stereocenters. The molecule has 162 valence electrons. The number of fused-ring (bicyclic) bond motifs is 1. The highest BCUT2D eigenvalue weighted by Crippen LogP contribution is 2.37. The highest BCUT2D eigenvalue weighted by Gasteiger charge is 2.24. The number of nitrogens with two attached hydrogens (primary N) is 1. The first-order valence-corrected chi connectivity index (χ1v) is 11.4. The van der Waals surface area contributed by atoms with Crippen molar-refractivity contribution in [1.82, 2.24) is 20.1 Å². The highest BCUT2D eigenvalue weighted by atomic mass is 79.9. The van der Waals surface area contributed by atoms with Gasteiger partial charge in [0, 0.05) is 29.6 Å². The third-order valence-corrected chi connectivity index (χ3v) is 6.36. The second-order valence-corrected chi connectivity index (χ2v) is 8.76. The van der Waals surface area contributed by atoms with E-state index in [4.69, 9.17) is 10.8 Å². The molecule has 0 aliphatic carbocycles. The normalized spacial score (nSPS) is 16.2. The molecule has 1 aliphatic rings. The third-order valence-electron chi connectivity index (χ3n) is 5.78. The summed E-state index contributed by atoms with van der Waals surface area (Å²) in [5.74, 6) is 0.287. The molecule has 1 amide bonds. The number of nitrogens with zero attached hydrogens (tertiary/aromatic N) is 3. The van der Waals surface area contributed by atoms with Gasteiger partial charge in [-0.2, -0.15) is 5.10 Å². The maximum Gasteiger partial charge on any atom is 0.255 e. The minimum Gasteiger partial charge on any atom is -0.383 e. The van der Waals surface area contributed by atoms with E-state index in [1.807, 2.05) is 54.6 Å². The van der Waals surface area contributed by atoms with Crippen LogP contribution in [0.3, 0.4) is 0 Å². The van der Waals surface area contributed by atoms with Crippen LogP contribution in [0.1, 0.15) is 29.2 Å². The van der Waals surface area contributed by atoms with Gasteiger partial charge in [0.2, 0.25) is 0 Å². The molecule has 4 N–H and O–H groups in total. The van der Waals surface area contributed by atoms with Gasteiger partial charge in [-0.15, -0.1) is 0 Å². The number of carbonyl (C=O) groups is 1. The van der Waals surface area contributed by atoms with Gasteiger partial charge in [0.25, 0.3) is 5.91 Å². The van der Waals surface area contributed by atoms with E-state index in [0.717, 1.165) is 58.3 Å². The first kappa shape index (κ1) is 20.7. The van der Waals surface area contributed by atoms with Gasteiger partial charge in [0.1, 0.15) is 11.5 Å². The maximum atomic E-state index is 12.6. The SMILES string of the molecule is Nc1ncc(Br)c2c1c(-c1ccc(C(=O)Nc3ccccc3)cc1)nn2[C@@H]1CCCNC1. The molecular weight excluding hydrogens is 468 g/mol. The number of para-hydroxylation sites is 1. The number of piperidine rings is 1. The quantitative estimate of drug-likeness (QED) is 0.387. The molecule has 5 rings (SSSR count). The Hall–Kier alpha value is -3.23. The standard InChI is InChI=1S/C24H23BrN6O/c25-19-14-28-23(26)20-21(30-31(22(19)20)18-7-4-12-27-13-18)15-8-10-16(11-9-15)24(32)29-17-5-2-1-3-6-17/h1-3,5-6,8-11,14,18,27H,4,7,12-13H2,(H2,26,28)(H,29,32)/t18-/m1/s1. The molecule has 2 aromatic carbocycles. The van der Waals surface area contributed by atoms with Gasteiger partial charge in [-0.25, -0.2) is 4.98 Å². The van der Waals surface area contributed by atoms with E-state index in [-0.39, 0.29) is 11.9 Å². The monoisotopic (exact) mass is 490 g/mol. The van der Waals surface area contributed by atoms with Crippen molar-refractivity contribution in [2.24, 2.45) is 0 Å². The van der Waals surface area contributed by atoms with Crippen LogP contribution in [0.2, 0.25) is 0 Å². The molecule has 7 nitrogen and oxygen atoms in total. The molecule has 4 aromatic rings. The van der Waals surface area contributed by atoms with Gasteiger partial charge in [-0.1, -0.05) is 30.3 Å². The minimum atomic E-state index is -0.157. The largest absolute Gasteiger partial charge is 0.383 e. The minimum absolute atomic E-state index is 0.157. The van der Waals surface area contributed by atoms with Crippen LogP contribution in [0.25, 0.3) is 22.2 Å². The van der Waals surface area contributed by atoms with E-state index in [1.54, 1.807) is 6.20 Å². The summed E-state index contributed by atoms with van der Waals surface area (Å²) in [4.78, 5) is 17.0. The summed E-state index contributed by atoms with van der Waals surface area (Å²) < 4.78 is 2.93. The molecule has 1 saturated heterocycles. The van der Waals surface area contributed by atoms with Crippen molar-refractivity contribution in [2.75, 3.05) is 24.1 Å². The zero-order chi connectivity index (χ0) is 22.1. The third kappa shape index (κ3) is 3.87. The van der Waals surface area contributed by atoms with Crippen LogP contribution in [-0.2, 0) is 0 Å². The number of halogens is 1. The maximum absolute atomic E-state index is 12.6. The molecule has 0 spiro atoms. The van der Waals surface area contributed by atoms with E-state index in [9.17, 15) is 4.79 Å². The van der Waals surface area contributed by atoms with Crippen molar-refractivity contribution in [1.29, 1.82) is 0 Å².